The first-order valence-electron chi connectivity index (χ1n) is 11.5. The van der Waals surface area contributed by atoms with Crippen molar-refractivity contribution in [3.8, 4) is 6.07 Å². The van der Waals surface area contributed by atoms with E-state index < -0.39 is 17.7 Å². The Morgan fingerprint density at radius 2 is 2.03 bits per heavy atom. The van der Waals surface area contributed by atoms with Crippen molar-refractivity contribution in [3.05, 3.63) is 64.9 Å². The van der Waals surface area contributed by atoms with Crippen LogP contribution in [-0.4, -0.2) is 26.9 Å². The van der Waals surface area contributed by atoms with E-state index in [1.165, 1.54) is 24.1 Å². The molecule has 0 N–H and O–H groups in total. The van der Waals surface area contributed by atoms with E-state index >= 15 is 0 Å². The minimum Gasteiger partial charge on any atom is -0.273 e. The highest BCUT2D eigenvalue weighted by molar-refractivity contribution is 5.83. The highest BCUT2D eigenvalue weighted by Crippen LogP contribution is 2.63. The molecule has 3 saturated carbocycles. The van der Waals surface area contributed by atoms with Gasteiger partial charge in [-0.2, -0.15) is 15.5 Å². The second-order valence-corrected chi connectivity index (χ2v) is 10.0. The number of nitriles is 1. The Morgan fingerprint density at radius 1 is 1.21 bits per heavy atom. The van der Waals surface area contributed by atoms with Crippen molar-refractivity contribution in [1.82, 2.24) is 14.8 Å². The molecule has 2 atom stereocenters. The number of hydrogen-bond acceptors (Lipinski definition) is 4. The van der Waals surface area contributed by atoms with Gasteiger partial charge in [0.2, 0.25) is 5.91 Å². The van der Waals surface area contributed by atoms with E-state index in [1.807, 2.05) is 16.8 Å². The number of aryl methyl sites for hydroxylation is 1. The zero-order chi connectivity index (χ0) is 23.6. The molecule has 8 heteroatoms. The lowest BCUT2D eigenvalue weighted by atomic mass is 9.69. The lowest BCUT2D eigenvalue weighted by Gasteiger charge is -2.38. The van der Waals surface area contributed by atoms with Crippen molar-refractivity contribution >= 4 is 23.0 Å². The van der Waals surface area contributed by atoms with Crippen molar-refractivity contribution in [2.45, 2.75) is 45.2 Å². The molecule has 172 valence electrons. The van der Waals surface area contributed by atoms with Crippen molar-refractivity contribution in [2.24, 2.45) is 22.4 Å². The molecule has 2 heterocycles. The molecule has 1 aromatic heterocycles. The molecule has 4 aliphatic rings. The Morgan fingerprint density at radius 3 is 2.82 bits per heavy atom. The summed E-state index contributed by atoms with van der Waals surface area (Å²) in [5, 5.41) is 20.2. The molecule has 3 aliphatic carbocycles. The van der Waals surface area contributed by atoms with Crippen LogP contribution < -0.4 is 0 Å². The van der Waals surface area contributed by atoms with E-state index in [9.17, 15) is 13.6 Å². The molecule has 6 nitrogen and oxygen atoms in total. The van der Waals surface area contributed by atoms with Crippen LogP contribution in [0.3, 0.4) is 0 Å². The van der Waals surface area contributed by atoms with Crippen LogP contribution in [0.2, 0.25) is 0 Å². The summed E-state index contributed by atoms with van der Waals surface area (Å²) in [6.45, 7) is 2.24. The van der Waals surface area contributed by atoms with Crippen LogP contribution in [0.15, 0.2) is 41.6 Å². The van der Waals surface area contributed by atoms with Gasteiger partial charge in [0.15, 0.2) is 0 Å². The minimum atomic E-state index is -0.610. The van der Waals surface area contributed by atoms with Gasteiger partial charge in [0.25, 0.3) is 0 Å². The van der Waals surface area contributed by atoms with Crippen LogP contribution >= 0.6 is 0 Å². The zero-order valence-corrected chi connectivity index (χ0v) is 18.7. The predicted octanol–water partition coefficient (Wildman–Crippen LogP) is 4.87. The van der Waals surface area contributed by atoms with Gasteiger partial charge >= 0.3 is 0 Å². The number of fused-ring (bicyclic) bond motifs is 2. The van der Waals surface area contributed by atoms with E-state index in [0.717, 1.165) is 30.2 Å². The van der Waals surface area contributed by atoms with Crippen molar-refractivity contribution in [2.75, 3.05) is 0 Å². The molecule has 0 saturated heterocycles. The van der Waals surface area contributed by atoms with Crippen molar-refractivity contribution in [1.29, 1.82) is 5.26 Å². The van der Waals surface area contributed by atoms with Gasteiger partial charge in [0.1, 0.15) is 11.6 Å². The SMILES string of the molecule is Cc1cc(F)c(C2CC=NN2C(=O)[C@H]2CC3(Cn4ncc5cc(C#N)ccc54)CC2C3)cc1F. The largest absolute Gasteiger partial charge is 0.273 e. The number of aromatic nitrogens is 2. The number of rotatable bonds is 4. The highest BCUT2D eigenvalue weighted by Gasteiger charge is 2.59. The molecule has 2 bridgehead atoms. The van der Waals surface area contributed by atoms with Gasteiger partial charge in [-0.15, -0.1) is 0 Å². The number of amides is 1. The lowest BCUT2D eigenvalue weighted by Crippen LogP contribution is -2.36. The van der Waals surface area contributed by atoms with E-state index in [4.69, 9.17) is 5.26 Å². The Bertz CT molecular complexity index is 1400. The highest BCUT2D eigenvalue weighted by atomic mass is 19.1. The summed E-state index contributed by atoms with van der Waals surface area (Å²) in [6, 6.07) is 9.46. The van der Waals surface area contributed by atoms with Gasteiger partial charge < -0.3 is 0 Å². The van der Waals surface area contributed by atoms with Gasteiger partial charge in [-0.05, 0) is 73.4 Å². The molecule has 2 aromatic carbocycles. The first-order valence-corrected chi connectivity index (χ1v) is 11.5. The monoisotopic (exact) mass is 459 g/mol. The van der Waals surface area contributed by atoms with E-state index in [0.29, 0.717) is 18.5 Å². The summed E-state index contributed by atoms with van der Waals surface area (Å²) in [7, 11) is 0. The molecule has 3 fully saturated rings. The first-order chi connectivity index (χ1) is 16.4. The molecule has 1 amide bonds. The second-order valence-electron chi connectivity index (χ2n) is 10.0. The summed E-state index contributed by atoms with van der Waals surface area (Å²) >= 11 is 0. The number of carbonyl (C=O) groups is 1. The third kappa shape index (κ3) is 3.14. The maximum Gasteiger partial charge on any atom is 0.246 e. The topological polar surface area (TPSA) is 74.3 Å². The smallest absolute Gasteiger partial charge is 0.246 e. The summed E-state index contributed by atoms with van der Waals surface area (Å²) in [4.78, 5) is 13.5. The number of hydrogen-bond donors (Lipinski definition) is 0. The molecule has 1 aliphatic heterocycles. The Hall–Kier alpha value is -3.60. The summed E-state index contributed by atoms with van der Waals surface area (Å²) in [5.74, 6) is -0.998. The van der Waals surface area contributed by atoms with Gasteiger partial charge in [0, 0.05) is 36.0 Å². The number of hydrazone groups is 1. The van der Waals surface area contributed by atoms with Gasteiger partial charge in [-0.1, -0.05) is 0 Å². The molecule has 7 rings (SSSR count). The Labute approximate surface area is 195 Å². The normalized spacial score (nSPS) is 27.2. The van der Waals surface area contributed by atoms with Gasteiger partial charge in [-0.25, -0.2) is 13.8 Å². The molecule has 3 aromatic rings. The molecule has 1 unspecified atom stereocenters. The van der Waals surface area contributed by atoms with E-state index in [1.54, 1.807) is 18.5 Å². The number of carbonyl (C=O) groups excluding carboxylic acids is 1. The molecular formula is C26H23F2N5O. The maximum absolute atomic E-state index is 14.6. The van der Waals surface area contributed by atoms with Crippen molar-refractivity contribution in [3.63, 3.8) is 0 Å². The second kappa shape index (κ2) is 7.45. The number of halogens is 2. The van der Waals surface area contributed by atoms with Crippen LogP contribution in [0.5, 0.6) is 0 Å². The molecule has 0 spiro atoms. The molecule has 0 radical (unpaired) electrons. The van der Waals surface area contributed by atoms with Crippen LogP contribution in [0.4, 0.5) is 8.78 Å². The van der Waals surface area contributed by atoms with Crippen molar-refractivity contribution < 1.29 is 13.6 Å². The van der Waals surface area contributed by atoms with Gasteiger partial charge in [0.05, 0.1) is 29.4 Å². The summed E-state index contributed by atoms with van der Waals surface area (Å²) < 4.78 is 30.8. The maximum atomic E-state index is 14.6. The molecule has 34 heavy (non-hydrogen) atoms. The fourth-order valence-corrected chi connectivity index (χ4v) is 6.19. The van der Waals surface area contributed by atoms with E-state index in [-0.39, 0.29) is 34.3 Å². The predicted molar refractivity (Wildman–Crippen MR) is 122 cm³/mol. The summed E-state index contributed by atoms with van der Waals surface area (Å²) in [5.41, 5.74) is 2.00. The zero-order valence-electron chi connectivity index (χ0n) is 18.7. The van der Waals surface area contributed by atoms with E-state index in [2.05, 4.69) is 16.3 Å². The summed E-state index contributed by atoms with van der Waals surface area (Å²) in [6.07, 6.45) is 6.38. The van der Waals surface area contributed by atoms with Crippen LogP contribution in [0.1, 0.15) is 48.4 Å². The fraction of sp³-hybridized carbons (Fsp3) is 0.385. The fourth-order valence-electron chi connectivity index (χ4n) is 6.19. The minimum absolute atomic E-state index is 0.00199. The Balaban J connectivity index is 1.20. The van der Waals surface area contributed by atoms with Crippen LogP contribution in [0.25, 0.3) is 10.9 Å². The standard InChI is InChI=1S/C26H23F2N5O/c1-15-6-22(28)19(8-21(15)27)24-4-5-30-33(24)25(34)20-11-26(9-18(20)10-26)14-32-23-3-2-16(12-29)7-17(23)13-31-32/h2-3,5-8,13,18,20,24H,4,9-11,14H2,1H3/t18?,20-,24?,26?/m0/s1. The lowest BCUT2D eigenvalue weighted by molar-refractivity contribution is -0.138. The van der Waals surface area contributed by atoms with Crippen LogP contribution in [-0.2, 0) is 11.3 Å². The van der Waals surface area contributed by atoms with Gasteiger partial charge in [-0.3, -0.25) is 9.48 Å². The van der Waals surface area contributed by atoms with Crippen LogP contribution in [0, 0.1) is 47.1 Å². The number of nitrogens with zero attached hydrogens (tertiary/aromatic N) is 5. The third-order valence-electron chi connectivity index (χ3n) is 7.88. The molecular weight excluding hydrogens is 436 g/mol. The number of benzene rings is 2. The average Bonchev–Trinajstić information content (AvgIpc) is 3.58. The first kappa shape index (κ1) is 21.0. The Kier molecular flexibility index (Phi) is 4.60. The third-order valence-corrected chi connectivity index (χ3v) is 7.88. The quantitative estimate of drug-likeness (QED) is 0.559. The average molecular weight is 460 g/mol.